The highest BCUT2D eigenvalue weighted by atomic mass is 28.4. The lowest BCUT2D eigenvalue weighted by Gasteiger charge is -2.45. The third kappa shape index (κ3) is 15.2. The Morgan fingerprint density at radius 2 is 1.43 bits per heavy atom. The highest BCUT2D eigenvalue weighted by Gasteiger charge is 2.52. The van der Waals surface area contributed by atoms with Gasteiger partial charge in [-0.2, -0.15) is 0 Å². The van der Waals surface area contributed by atoms with E-state index >= 15 is 0 Å². The molecule has 5 atom stereocenters. The average Bonchev–Trinajstić information content (AvgIpc) is 3.57. The molecule has 0 N–H and O–H groups in total. The molecular weight excluding hydrogens is 907 g/mol. The fourth-order valence-electron chi connectivity index (χ4n) is 7.98. The summed E-state index contributed by atoms with van der Waals surface area (Å²) in [5, 5.41) is 5.85. The van der Waals surface area contributed by atoms with Gasteiger partial charge in [0, 0.05) is 31.8 Å². The Morgan fingerprint density at radius 1 is 0.824 bits per heavy atom. The molecule has 0 saturated carbocycles. The van der Waals surface area contributed by atoms with Gasteiger partial charge in [0.25, 0.3) is 8.32 Å². The molecule has 0 aromatic heterocycles. The maximum absolute atomic E-state index is 14.0. The average molecular weight is 989 g/mol. The largest absolute Gasteiger partial charge is 0.493 e. The summed E-state index contributed by atoms with van der Waals surface area (Å²) in [5.41, 5.74) is 9.58. The Kier molecular flexibility index (Phi) is 20.1. The van der Waals surface area contributed by atoms with Crippen molar-refractivity contribution in [3.8, 4) is 11.5 Å². The Labute approximate surface area is 411 Å². The van der Waals surface area contributed by atoms with Crippen molar-refractivity contribution in [3.63, 3.8) is 0 Å². The second kappa shape index (κ2) is 24.2. The van der Waals surface area contributed by atoms with E-state index in [9.17, 15) is 4.79 Å². The van der Waals surface area contributed by atoms with Gasteiger partial charge in [-0.15, -0.1) is 0 Å². The van der Waals surface area contributed by atoms with Gasteiger partial charge in [0.05, 0.1) is 32.0 Å². The molecule has 12 nitrogen and oxygen atoms in total. The minimum absolute atomic E-state index is 0.00429. The lowest BCUT2D eigenvalue weighted by molar-refractivity contribution is -0.151. The van der Waals surface area contributed by atoms with Gasteiger partial charge in [-0.3, -0.25) is 0 Å². The molecular formula is C53H81N3O9Si3. The van der Waals surface area contributed by atoms with Crippen LogP contribution in [0.5, 0.6) is 11.5 Å². The van der Waals surface area contributed by atoms with Crippen molar-refractivity contribution < 1.29 is 42.1 Å². The quantitative estimate of drug-likeness (QED) is 0.0125. The maximum Gasteiger partial charge on any atom is 0.342 e. The predicted molar refractivity (Wildman–Crippen MR) is 283 cm³/mol. The lowest BCUT2D eigenvalue weighted by atomic mass is 9.99. The smallest absolute Gasteiger partial charge is 0.342 e. The molecule has 0 spiro atoms. The molecule has 0 aliphatic carbocycles. The summed E-state index contributed by atoms with van der Waals surface area (Å²) in [5.74, 6) is -0.746. The normalized spacial score (nSPS) is 18.3. The SMILES string of the molecule is COCOc1ccc(OCCN=[N+]=[N-])c(/C=C/C[C@@H]2OC(C)(C)O[C@@H]2C(/C=C\[C@@H](C)[C@H](C)O[Si](c2ccccc2)(c2ccccc2)C(C)(C)C)O[Si](C)(C)C(C)(C)C)c1C(=O)OCC[Si](C)(C)C. The van der Waals surface area contributed by atoms with Crippen LogP contribution in [-0.4, -0.2) is 94.5 Å². The van der Waals surface area contributed by atoms with Crippen molar-refractivity contribution in [1.29, 1.82) is 0 Å². The number of rotatable bonds is 24. The third-order valence-corrected chi connectivity index (χ3v) is 24.2. The lowest BCUT2D eigenvalue weighted by Crippen LogP contribution is -2.67. The van der Waals surface area contributed by atoms with E-state index in [1.807, 2.05) is 26.0 Å². The van der Waals surface area contributed by atoms with Crippen LogP contribution in [0.1, 0.15) is 91.6 Å². The van der Waals surface area contributed by atoms with Gasteiger partial charge in [0.2, 0.25) is 0 Å². The molecule has 3 aromatic carbocycles. The molecule has 374 valence electrons. The molecule has 1 fully saturated rings. The van der Waals surface area contributed by atoms with Crippen molar-refractivity contribution in [3.05, 3.63) is 113 Å². The van der Waals surface area contributed by atoms with Crippen LogP contribution in [0.15, 0.2) is 96.1 Å². The zero-order valence-corrected chi connectivity index (χ0v) is 46.9. The summed E-state index contributed by atoms with van der Waals surface area (Å²) < 4.78 is 51.5. The van der Waals surface area contributed by atoms with Crippen LogP contribution in [0.4, 0.5) is 0 Å². The van der Waals surface area contributed by atoms with Crippen molar-refractivity contribution in [2.45, 2.75) is 155 Å². The van der Waals surface area contributed by atoms with Crippen LogP contribution in [-0.2, 0) is 27.8 Å². The first-order valence-corrected chi connectivity index (χ1v) is 32.6. The zero-order chi connectivity index (χ0) is 50.6. The van der Waals surface area contributed by atoms with E-state index in [2.05, 4.69) is 171 Å². The number of benzene rings is 3. The van der Waals surface area contributed by atoms with Gasteiger partial charge in [-0.05, 0) is 90.4 Å². The van der Waals surface area contributed by atoms with Crippen LogP contribution >= 0.6 is 0 Å². The minimum Gasteiger partial charge on any atom is -0.493 e. The van der Waals surface area contributed by atoms with E-state index in [4.69, 9.17) is 42.8 Å². The van der Waals surface area contributed by atoms with Crippen molar-refractivity contribution in [1.82, 2.24) is 0 Å². The fourth-order valence-corrected chi connectivity index (χ4v) is 14.7. The Bertz CT molecular complexity index is 2140. The van der Waals surface area contributed by atoms with Crippen molar-refractivity contribution >= 4 is 47.1 Å². The Morgan fingerprint density at radius 3 is 1.97 bits per heavy atom. The second-order valence-corrected chi connectivity index (χ2v) is 36.6. The van der Waals surface area contributed by atoms with Crippen molar-refractivity contribution in [2.75, 3.05) is 33.7 Å². The van der Waals surface area contributed by atoms with E-state index < -0.39 is 54.8 Å². The third-order valence-electron chi connectivity index (χ3n) is 12.9. The van der Waals surface area contributed by atoms with Crippen LogP contribution in [0, 0.1) is 5.92 Å². The number of methoxy groups -OCH3 is 1. The van der Waals surface area contributed by atoms with E-state index in [1.54, 1.807) is 12.1 Å². The van der Waals surface area contributed by atoms with Gasteiger partial charge in [-0.1, -0.05) is 158 Å². The maximum atomic E-state index is 14.0. The Hall–Kier alpha value is -4.03. The predicted octanol–water partition coefficient (Wildman–Crippen LogP) is 12.3. The molecule has 1 aliphatic rings. The molecule has 0 bridgehead atoms. The monoisotopic (exact) mass is 988 g/mol. The van der Waals surface area contributed by atoms with E-state index in [1.165, 1.54) is 17.5 Å². The summed E-state index contributed by atoms with van der Waals surface area (Å²) in [6, 6.07) is 25.7. The molecule has 4 rings (SSSR count). The number of azide groups is 1. The highest BCUT2D eigenvalue weighted by molar-refractivity contribution is 6.99. The van der Waals surface area contributed by atoms with Crippen LogP contribution < -0.4 is 19.8 Å². The topological polar surface area (TPSA) is 140 Å². The first-order chi connectivity index (χ1) is 31.8. The highest BCUT2D eigenvalue weighted by Crippen LogP contribution is 2.42. The number of carbonyl (C=O) groups excluding carboxylic acids is 1. The number of hydrogen-bond donors (Lipinski definition) is 0. The summed E-state index contributed by atoms with van der Waals surface area (Å²) in [6.07, 6.45) is 7.09. The van der Waals surface area contributed by atoms with Crippen LogP contribution in [0.2, 0.25) is 48.9 Å². The standard InChI is InChI=1S/C53H81N3O9Si3/c1-39(40(2)64-68(52(6,7)8,41-24-19-17-20-25-41)42-26-21-18-22-27-42)30-31-47(65-67(15,16)51(3,4)5)49-46(62-53(9,10)63-49)29-23-28-43-44(59-35-34-55-56-54)32-33-45(61-38-58-11)48(43)50(57)60-36-37-66(12,13)14/h17-28,30-33,39-40,46-47,49H,29,34-38H2,1-16H3/b28-23+,31-30-/t39-,40+,46+,47?,49+/m1/s1. The molecule has 3 aromatic rings. The number of carbonyl (C=O) groups is 1. The zero-order valence-electron chi connectivity index (χ0n) is 43.9. The number of hydrogen-bond acceptors (Lipinski definition) is 10. The molecule has 0 amide bonds. The van der Waals surface area contributed by atoms with Gasteiger partial charge in [-0.25, -0.2) is 4.79 Å². The molecule has 1 unspecified atom stereocenters. The summed E-state index contributed by atoms with van der Waals surface area (Å²) in [7, 11) is -5.20. The first kappa shape index (κ1) is 56.6. The minimum atomic E-state index is -2.83. The number of ether oxygens (including phenoxy) is 6. The Balaban J connectivity index is 1.75. The fraction of sp³-hybridized carbons (Fsp3) is 0.566. The van der Waals surface area contributed by atoms with Gasteiger partial charge >= 0.3 is 5.97 Å². The molecule has 68 heavy (non-hydrogen) atoms. The number of esters is 1. The van der Waals surface area contributed by atoms with Crippen LogP contribution in [0.25, 0.3) is 16.5 Å². The van der Waals surface area contributed by atoms with E-state index in [0.717, 1.165) is 6.04 Å². The van der Waals surface area contributed by atoms with Gasteiger partial charge in [0.15, 0.2) is 20.9 Å². The molecule has 0 radical (unpaired) electrons. The summed E-state index contributed by atoms with van der Waals surface area (Å²) >= 11 is 0. The van der Waals surface area contributed by atoms with Gasteiger partial charge < -0.3 is 37.3 Å². The van der Waals surface area contributed by atoms with Crippen molar-refractivity contribution in [2.24, 2.45) is 11.0 Å². The summed E-state index contributed by atoms with van der Waals surface area (Å²) in [4.78, 5) is 16.9. The van der Waals surface area contributed by atoms with Gasteiger partial charge in [0.1, 0.15) is 23.2 Å². The van der Waals surface area contributed by atoms with Crippen LogP contribution in [0.3, 0.4) is 0 Å². The van der Waals surface area contributed by atoms with E-state index in [-0.39, 0.29) is 54.2 Å². The molecule has 15 heteroatoms. The van der Waals surface area contributed by atoms with E-state index in [0.29, 0.717) is 23.5 Å². The first-order valence-electron chi connectivity index (χ1n) is 24.0. The molecule has 1 saturated heterocycles. The molecule has 1 aliphatic heterocycles. The summed E-state index contributed by atoms with van der Waals surface area (Å²) in [6.45, 7) is 33.5. The molecule has 1 heterocycles. The second-order valence-electron chi connectivity index (χ2n) is 22.0. The number of nitrogens with zero attached hydrogens (tertiary/aromatic N) is 3.